The number of halogens is 7. The second kappa shape index (κ2) is 4.21. The van der Waals surface area contributed by atoms with Crippen molar-refractivity contribution in [2.75, 3.05) is 0 Å². The molecule has 1 heterocycles. The summed E-state index contributed by atoms with van der Waals surface area (Å²) in [4.78, 5) is 2.95. The van der Waals surface area contributed by atoms with Crippen molar-refractivity contribution in [3.8, 4) is 0 Å². The third kappa shape index (κ3) is 2.57. The van der Waals surface area contributed by atoms with Crippen molar-refractivity contribution in [2.24, 2.45) is 0 Å². The molecule has 0 radical (unpaired) electrons. The van der Waals surface area contributed by atoms with Crippen molar-refractivity contribution >= 4 is 27.5 Å². The molecule has 0 amide bonds. The summed E-state index contributed by atoms with van der Waals surface area (Å²) < 4.78 is 60.6. The Bertz CT molecular complexity index is 378. The van der Waals surface area contributed by atoms with Crippen LogP contribution in [0.3, 0.4) is 0 Å². The summed E-state index contributed by atoms with van der Waals surface area (Å²) in [6.45, 7) is 0. The summed E-state index contributed by atoms with van der Waals surface area (Å²) in [5, 5.41) is -0.509. The molecule has 0 fully saturated rings. The molecule has 8 heteroatoms. The largest absolute Gasteiger partial charge is 0.434 e. The average molecular weight is 310 g/mol. The Kier molecular flexibility index (Phi) is 3.55. The van der Waals surface area contributed by atoms with Gasteiger partial charge in [0, 0.05) is 6.20 Å². The highest BCUT2D eigenvalue weighted by Gasteiger charge is 2.37. The standard InChI is InChI=1S/C7H2BrClF5N/c8-4-3(6(10)11)2(9)1-15-5(4)7(12,13)14/h1,6H. The second-order valence-electron chi connectivity index (χ2n) is 2.48. The third-order valence-corrected chi connectivity index (χ3v) is 2.60. The lowest BCUT2D eigenvalue weighted by Crippen LogP contribution is -2.10. The monoisotopic (exact) mass is 309 g/mol. The molecule has 1 aromatic heterocycles. The molecule has 0 spiro atoms. The minimum Gasteiger partial charge on any atom is -0.249 e. The summed E-state index contributed by atoms with van der Waals surface area (Å²) in [6, 6.07) is 0. The van der Waals surface area contributed by atoms with Crippen molar-refractivity contribution in [3.63, 3.8) is 0 Å². The van der Waals surface area contributed by atoms with E-state index >= 15 is 0 Å². The molecule has 84 valence electrons. The van der Waals surface area contributed by atoms with Crippen LogP contribution in [0.1, 0.15) is 17.7 Å². The van der Waals surface area contributed by atoms with Gasteiger partial charge in [-0.2, -0.15) is 13.2 Å². The van der Waals surface area contributed by atoms with Gasteiger partial charge in [0.15, 0.2) is 5.69 Å². The first-order chi connectivity index (χ1) is 6.75. The maximum Gasteiger partial charge on any atom is 0.434 e. The molecule has 15 heavy (non-hydrogen) atoms. The molecule has 1 nitrogen and oxygen atoms in total. The van der Waals surface area contributed by atoms with Gasteiger partial charge < -0.3 is 0 Å². The molecular formula is C7H2BrClF5N. The third-order valence-electron chi connectivity index (χ3n) is 1.50. The van der Waals surface area contributed by atoms with Crippen LogP contribution in [0.25, 0.3) is 0 Å². The lowest BCUT2D eigenvalue weighted by Gasteiger charge is -2.12. The number of alkyl halides is 5. The van der Waals surface area contributed by atoms with Crippen molar-refractivity contribution < 1.29 is 22.0 Å². The maximum absolute atomic E-state index is 12.3. The molecule has 0 aromatic carbocycles. The Balaban J connectivity index is 3.42. The van der Waals surface area contributed by atoms with Gasteiger partial charge in [-0.15, -0.1) is 0 Å². The highest BCUT2D eigenvalue weighted by molar-refractivity contribution is 9.10. The Labute approximate surface area is 94.4 Å². The SMILES string of the molecule is FC(F)c1c(Cl)cnc(C(F)(F)F)c1Br. The second-order valence-corrected chi connectivity index (χ2v) is 3.68. The Hall–Kier alpha value is -0.430. The zero-order valence-corrected chi connectivity index (χ0v) is 9.09. The molecule has 0 N–H and O–H groups in total. The van der Waals surface area contributed by atoms with Crippen molar-refractivity contribution in [2.45, 2.75) is 12.6 Å². The van der Waals surface area contributed by atoms with Gasteiger partial charge in [-0.3, -0.25) is 0 Å². The molecule has 0 unspecified atom stereocenters. The van der Waals surface area contributed by atoms with E-state index in [4.69, 9.17) is 11.6 Å². The molecule has 0 aliphatic rings. The lowest BCUT2D eigenvalue weighted by molar-refractivity contribution is -0.141. The van der Waals surface area contributed by atoms with E-state index in [9.17, 15) is 22.0 Å². The van der Waals surface area contributed by atoms with E-state index in [1.807, 2.05) is 0 Å². The van der Waals surface area contributed by atoms with Crippen LogP contribution in [0.4, 0.5) is 22.0 Å². The van der Waals surface area contributed by atoms with E-state index in [0.717, 1.165) is 0 Å². The van der Waals surface area contributed by atoms with Crippen molar-refractivity contribution in [1.82, 2.24) is 4.98 Å². The Morgan fingerprint density at radius 1 is 1.33 bits per heavy atom. The fraction of sp³-hybridized carbons (Fsp3) is 0.286. The topological polar surface area (TPSA) is 12.9 Å². The Morgan fingerprint density at radius 3 is 2.27 bits per heavy atom. The summed E-state index contributed by atoms with van der Waals surface area (Å²) in [6.07, 6.45) is -7.35. The van der Waals surface area contributed by atoms with Crippen LogP contribution in [0.5, 0.6) is 0 Å². The number of pyridine rings is 1. The first-order valence-corrected chi connectivity index (χ1v) is 4.61. The molecule has 0 aliphatic heterocycles. The molecule has 0 saturated carbocycles. The molecule has 0 atom stereocenters. The van der Waals surface area contributed by atoms with Gasteiger partial charge in [-0.25, -0.2) is 13.8 Å². The van der Waals surface area contributed by atoms with E-state index in [1.165, 1.54) is 0 Å². The van der Waals surface area contributed by atoms with Gasteiger partial charge in [-0.1, -0.05) is 11.6 Å². The fourth-order valence-electron chi connectivity index (χ4n) is 0.877. The zero-order chi connectivity index (χ0) is 11.8. The lowest BCUT2D eigenvalue weighted by atomic mass is 10.2. The number of aromatic nitrogens is 1. The van der Waals surface area contributed by atoms with E-state index in [-0.39, 0.29) is 0 Å². The smallest absolute Gasteiger partial charge is 0.249 e. The van der Waals surface area contributed by atoms with Gasteiger partial charge in [0.05, 0.1) is 15.1 Å². The first-order valence-electron chi connectivity index (χ1n) is 3.44. The minimum absolute atomic E-state index is 0.509. The summed E-state index contributed by atoms with van der Waals surface area (Å²) >= 11 is 7.73. The van der Waals surface area contributed by atoms with Crippen molar-refractivity contribution in [3.05, 3.63) is 26.9 Å². The Morgan fingerprint density at radius 2 is 1.87 bits per heavy atom. The van der Waals surface area contributed by atoms with Gasteiger partial charge in [-0.05, 0) is 15.9 Å². The maximum atomic E-state index is 12.3. The summed E-state index contributed by atoms with van der Waals surface area (Å²) in [7, 11) is 0. The van der Waals surface area contributed by atoms with Crippen LogP contribution in [0.2, 0.25) is 5.02 Å². The van der Waals surface area contributed by atoms with E-state index in [0.29, 0.717) is 6.20 Å². The molecular weight excluding hydrogens is 308 g/mol. The summed E-state index contributed by atoms with van der Waals surface area (Å²) in [5.74, 6) is 0. The van der Waals surface area contributed by atoms with Crippen LogP contribution in [-0.4, -0.2) is 4.98 Å². The number of hydrogen-bond acceptors (Lipinski definition) is 1. The number of rotatable bonds is 1. The highest BCUT2D eigenvalue weighted by Crippen LogP contribution is 2.40. The van der Waals surface area contributed by atoms with Crippen LogP contribution in [-0.2, 0) is 6.18 Å². The number of nitrogens with zero attached hydrogens (tertiary/aromatic N) is 1. The minimum atomic E-state index is -4.80. The molecule has 1 aromatic rings. The predicted octanol–water partition coefficient (Wildman–Crippen LogP) is 4.45. The van der Waals surface area contributed by atoms with Crippen LogP contribution in [0.15, 0.2) is 10.7 Å². The quantitative estimate of drug-likeness (QED) is 0.698. The van der Waals surface area contributed by atoms with Gasteiger partial charge >= 0.3 is 6.18 Å². The van der Waals surface area contributed by atoms with Crippen LogP contribution < -0.4 is 0 Å². The van der Waals surface area contributed by atoms with Crippen LogP contribution in [0, 0.1) is 0 Å². The zero-order valence-electron chi connectivity index (χ0n) is 6.75. The first kappa shape index (κ1) is 12.6. The molecule has 0 bridgehead atoms. The van der Waals surface area contributed by atoms with Crippen molar-refractivity contribution in [1.29, 1.82) is 0 Å². The fourth-order valence-corrected chi connectivity index (χ4v) is 1.93. The van der Waals surface area contributed by atoms with E-state index in [1.54, 1.807) is 0 Å². The predicted molar refractivity (Wildman–Crippen MR) is 46.9 cm³/mol. The van der Waals surface area contributed by atoms with Crippen LogP contribution >= 0.6 is 27.5 Å². The van der Waals surface area contributed by atoms with Gasteiger partial charge in [0.25, 0.3) is 6.43 Å². The summed E-state index contributed by atoms with van der Waals surface area (Å²) in [5.41, 5.74) is -2.32. The van der Waals surface area contributed by atoms with Gasteiger partial charge in [0.2, 0.25) is 0 Å². The molecule has 1 rings (SSSR count). The normalized spacial score (nSPS) is 12.3. The van der Waals surface area contributed by atoms with E-state index in [2.05, 4.69) is 20.9 Å². The average Bonchev–Trinajstić information content (AvgIpc) is 2.00. The highest BCUT2D eigenvalue weighted by atomic mass is 79.9. The van der Waals surface area contributed by atoms with E-state index < -0.39 is 33.4 Å². The number of hydrogen-bond donors (Lipinski definition) is 0. The molecule has 0 aliphatic carbocycles. The van der Waals surface area contributed by atoms with Gasteiger partial charge in [0.1, 0.15) is 0 Å². The molecule has 0 saturated heterocycles.